The Morgan fingerprint density at radius 1 is 1.25 bits per heavy atom. The number of benzene rings is 2. The van der Waals surface area contributed by atoms with Gasteiger partial charge in [-0.1, -0.05) is 23.7 Å². The van der Waals surface area contributed by atoms with Crippen molar-refractivity contribution in [1.29, 1.82) is 0 Å². The number of nitrogens with zero attached hydrogens (tertiary/aromatic N) is 1. The number of halogens is 1. The molecule has 0 aliphatic rings. The number of para-hydroxylation sites is 1. The molecule has 0 aliphatic heterocycles. The SMILES string of the molecule is CCOC(=O)c1ccccc1NC(=O)c1ccc(Cl)c([N+](=O)[O-])c1. The maximum atomic E-state index is 12.3. The van der Waals surface area contributed by atoms with Crippen molar-refractivity contribution in [2.45, 2.75) is 6.92 Å². The van der Waals surface area contributed by atoms with Gasteiger partial charge in [0.25, 0.3) is 11.6 Å². The Labute approximate surface area is 142 Å². The molecular formula is C16H13ClN2O5. The summed E-state index contributed by atoms with van der Waals surface area (Å²) in [6, 6.07) is 10.0. The monoisotopic (exact) mass is 348 g/mol. The van der Waals surface area contributed by atoms with Crippen LogP contribution in [0.15, 0.2) is 42.5 Å². The summed E-state index contributed by atoms with van der Waals surface area (Å²) >= 11 is 5.72. The van der Waals surface area contributed by atoms with Gasteiger partial charge in [-0.15, -0.1) is 0 Å². The van der Waals surface area contributed by atoms with Gasteiger partial charge >= 0.3 is 5.97 Å². The fraction of sp³-hybridized carbons (Fsp3) is 0.125. The van der Waals surface area contributed by atoms with Crippen LogP contribution in [-0.4, -0.2) is 23.4 Å². The standard InChI is InChI=1S/C16H13ClN2O5/c1-2-24-16(21)11-5-3-4-6-13(11)18-15(20)10-7-8-12(17)14(9-10)19(22)23/h3-9H,2H2,1H3,(H,18,20). The Morgan fingerprint density at radius 2 is 1.96 bits per heavy atom. The molecule has 1 N–H and O–H groups in total. The first-order valence-electron chi connectivity index (χ1n) is 6.95. The third-order valence-corrected chi connectivity index (χ3v) is 3.40. The molecule has 2 rings (SSSR count). The molecule has 1 amide bonds. The highest BCUT2D eigenvalue weighted by Crippen LogP contribution is 2.26. The number of carbonyl (C=O) groups is 2. The summed E-state index contributed by atoms with van der Waals surface area (Å²) in [6.45, 7) is 1.87. The van der Waals surface area contributed by atoms with Crippen LogP contribution in [0.5, 0.6) is 0 Å². The first-order valence-corrected chi connectivity index (χ1v) is 7.33. The van der Waals surface area contributed by atoms with E-state index in [1.54, 1.807) is 19.1 Å². The third-order valence-electron chi connectivity index (χ3n) is 3.08. The molecule has 24 heavy (non-hydrogen) atoms. The highest BCUT2D eigenvalue weighted by atomic mass is 35.5. The number of hydrogen-bond donors (Lipinski definition) is 1. The van der Waals surface area contributed by atoms with E-state index in [0.717, 1.165) is 6.07 Å². The maximum absolute atomic E-state index is 12.3. The Kier molecular flexibility index (Phi) is 5.49. The Hall–Kier alpha value is -2.93. The fourth-order valence-electron chi connectivity index (χ4n) is 1.97. The van der Waals surface area contributed by atoms with Gasteiger partial charge in [-0.3, -0.25) is 14.9 Å². The number of amides is 1. The van der Waals surface area contributed by atoms with Crippen LogP contribution < -0.4 is 5.32 Å². The van der Waals surface area contributed by atoms with Crippen LogP contribution in [0.4, 0.5) is 11.4 Å². The van der Waals surface area contributed by atoms with E-state index in [-0.39, 0.29) is 34.1 Å². The second kappa shape index (κ2) is 7.56. The predicted octanol–water partition coefficient (Wildman–Crippen LogP) is 3.68. The quantitative estimate of drug-likeness (QED) is 0.505. The van der Waals surface area contributed by atoms with Crippen molar-refractivity contribution in [3.8, 4) is 0 Å². The van der Waals surface area contributed by atoms with Gasteiger partial charge in [-0.2, -0.15) is 0 Å². The van der Waals surface area contributed by atoms with Crippen LogP contribution in [0.1, 0.15) is 27.6 Å². The van der Waals surface area contributed by atoms with E-state index < -0.39 is 16.8 Å². The van der Waals surface area contributed by atoms with Crippen molar-refractivity contribution in [2.24, 2.45) is 0 Å². The lowest BCUT2D eigenvalue weighted by molar-refractivity contribution is -0.384. The van der Waals surface area contributed by atoms with Crippen LogP contribution in [0.3, 0.4) is 0 Å². The summed E-state index contributed by atoms with van der Waals surface area (Å²) in [7, 11) is 0. The number of rotatable bonds is 5. The van der Waals surface area contributed by atoms with Gasteiger partial charge < -0.3 is 10.1 Å². The Balaban J connectivity index is 2.29. The Bertz CT molecular complexity index is 807. The largest absolute Gasteiger partial charge is 0.462 e. The summed E-state index contributed by atoms with van der Waals surface area (Å²) < 4.78 is 4.93. The van der Waals surface area contributed by atoms with Crippen molar-refractivity contribution in [3.63, 3.8) is 0 Å². The normalized spacial score (nSPS) is 10.1. The van der Waals surface area contributed by atoms with E-state index in [2.05, 4.69) is 5.32 Å². The number of esters is 1. The smallest absolute Gasteiger partial charge is 0.340 e. The number of hydrogen-bond acceptors (Lipinski definition) is 5. The zero-order valence-corrected chi connectivity index (χ0v) is 13.4. The van der Waals surface area contributed by atoms with Crippen molar-refractivity contribution >= 4 is 34.9 Å². The fourth-order valence-corrected chi connectivity index (χ4v) is 2.15. The summed E-state index contributed by atoms with van der Waals surface area (Å²) in [4.78, 5) is 34.4. The van der Waals surface area contributed by atoms with Crippen LogP contribution in [0, 0.1) is 10.1 Å². The number of nitro benzene ring substituents is 1. The van der Waals surface area contributed by atoms with Crippen LogP contribution in [0.2, 0.25) is 5.02 Å². The number of nitrogens with one attached hydrogen (secondary N) is 1. The van der Waals surface area contributed by atoms with Crippen LogP contribution in [0.25, 0.3) is 0 Å². The first kappa shape index (κ1) is 17.4. The van der Waals surface area contributed by atoms with E-state index in [1.807, 2.05) is 0 Å². The van der Waals surface area contributed by atoms with Gasteiger partial charge in [-0.05, 0) is 31.2 Å². The van der Waals surface area contributed by atoms with Crippen molar-refractivity contribution in [2.75, 3.05) is 11.9 Å². The van der Waals surface area contributed by atoms with Crippen molar-refractivity contribution < 1.29 is 19.2 Å². The molecular weight excluding hydrogens is 336 g/mol. The molecule has 8 heteroatoms. The lowest BCUT2D eigenvalue weighted by Gasteiger charge is -2.10. The minimum Gasteiger partial charge on any atom is -0.462 e. The van der Waals surface area contributed by atoms with E-state index in [1.165, 1.54) is 24.3 Å². The zero-order chi connectivity index (χ0) is 17.7. The van der Waals surface area contributed by atoms with Crippen molar-refractivity contribution in [1.82, 2.24) is 0 Å². The maximum Gasteiger partial charge on any atom is 0.340 e. The molecule has 124 valence electrons. The van der Waals surface area contributed by atoms with Gasteiger partial charge in [0.2, 0.25) is 0 Å². The van der Waals surface area contributed by atoms with Gasteiger partial charge in [-0.25, -0.2) is 4.79 Å². The van der Waals surface area contributed by atoms with Gasteiger partial charge in [0.05, 0.1) is 22.8 Å². The minimum absolute atomic E-state index is 0.0461. The van der Waals surface area contributed by atoms with Crippen LogP contribution in [-0.2, 0) is 4.74 Å². The van der Waals surface area contributed by atoms with Crippen LogP contribution >= 0.6 is 11.6 Å². The summed E-state index contributed by atoms with van der Waals surface area (Å²) in [5.74, 6) is -1.18. The van der Waals surface area contributed by atoms with Gasteiger partial charge in [0.15, 0.2) is 0 Å². The second-order valence-electron chi connectivity index (χ2n) is 4.64. The third kappa shape index (κ3) is 3.88. The molecule has 2 aromatic rings. The first-order chi connectivity index (χ1) is 11.4. The van der Waals surface area contributed by atoms with Crippen molar-refractivity contribution in [3.05, 3.63) is 68.7 Å². The highest BCUT2D eigenvalue weighted by molar-refractivity contribution is 6.32. The summed E-state index contributed by atoms with van der Waals surface area (Å²) in [6.07, 6.45) is 0. The van der Waals surface area contributed by atoms with Gasteiger partial charge in [0, 0.05) is 11.6 Å². The minimum atomic E-state index is -0.675. The summed E-state index contributed by atoms with van der Waals surface area (Å²) in [5, 5.41) is 13.4. The molecule has 0 heterocycles. The molecule has 0 unspecified atom stereocenters. The van der Waals surface area contributed by atoms with E-state index >= 15 is 0 Å². The molecule has 0 radical (unpaired) electrons. The number of nitro groups is 1. The van der Waals surface area contributed by atoms with E-state index in [4.69, 9.17) is 16.3 Å². The zero-order valence-electron chi connectivity index (χ0n) is 12.6. The number of anilines is 1. The van der Waals surface area contributed by atoms with E-state index in [9.17, 15) is 19.7 Å². The number of carbonyl (C=O) groups excluding carboxylic acids is 2. The number of ether oxygens (including phenoxy) is 1. The van der Waals surface area contributed by atoms with Gasteiger partial charge in [0.1, 0.15) is 5.02 Å². The molecule has 0 aliphatic carbocycles. The second-order valence-corrected chi connectivity index (χ2v) is 5.05. The molecule has 0 saturated carbocycles. The molecule has 0 aromatic heterocycles. The lowest BCUT2D eigenvalue weighted by atomic mass is 10.1. The molecule has 0 bridgehead atoms. The average molecular weight is 349 g/mol. The highest BCUT2D eigenvalue weighted by Gasteiger charge is 2.18. The molecule has 2 aromatic carbocycles. The average Bonchev–Trinajstić information content (AvgIpc) is 2.55. The summed E-state index contributed by atoms with van der Waals surface area (Å²) in [5.41, 5.74) is 0.113. The molecule has 0 fully saturated rings. The molecule has 0 spiro atoms. The molecule has 7 nitrogen and oxygen atoms in total. The van der Waals surface area contributed by atoms with E-state index in [0.29, 0.717) is 0 Å². The molecule has 0 atom stereocenters. The lowest BCUT2D eigenvalue weighted by Crippen LogP contribution is -2.16. The molecule has 0 saturated heterocycles. The Morgan fingerprint density at radius 3 is 2.62 bits per heavy atom. The predicted molar refractivity (Wildman–Crippen MR) is 88.5 cm³/mol. The topological polar surface area (TPSA) is 98.5 Å².